The van der Waals surface area contributed by atoms with Crippen molar-refractivity contribution >= 4 is 28.2 Å². The molecule has 1 amide bonds. The van der Waals surface area contributed by atoms with Crippen molar-refractivity contribution in [1.29, 1.82) is 0 Å². The number of aryl methyl sites for hydroxylation is 1. The Labute approximate surface area is 196 Å². The first-order valence-electron chi connectivity index (χ1n) is 11.2. The third kappa shape index (κ3) is 2.97. The number of aliphatic imine (C=N–C) groups is 1. The molecule has 7 heteroatoms. The number of amides is 1. The van der Waals surface area contributed by atoms with E-state index in [1.807, 2.05) is 48.5 Å². The van der Waals surface area contributed by atoms with Crippen LogP contribution in [0.1, 0.15) is 28.7 Å². The van der Waals surface area contributed by atoms with E-state index in [0.29, 0.717) is 41.2 Å². The highest BCUT2D eigenvalue weighted by Crippen LogP contribution is 2.40. The van der Waals surface area contributed by atoms with Crippen molar-refractivity contribution < 1.29 is 9.53 Å². The van der Waals surface area contributed by atoms with E-state index in [-0.39, 0.29) is 11.5 Å². The number of carbonyl (C=O) groups is 1. The lowest BCUT2D eigenvalue weighted by molar-refractivity contribution is -0.121. The molecule has 2 aliphatic heterocycles. The largest absolute Gasteiger partial charge is 0.497 e. The Bertz CT molecular complexity index is 1560. The van der Waals surface area contributed by atoms with E-state index in [2.05, 4.69) is 4.98 Å². The number of rotatable bonds is 3. The molecule has 168 valence electrons. The molecule has 3 aromatic carbocycles. The summed E-state index contributed by atoms with van der Waals surface area (Å²) in [5, 5.41) is 0.461. The van der Waals surface area contributed by atoms with Crippen molar-refractivity contribution in [3.63, 3.8) is 0 Å². The zero-order chi connectivity index (χ0) is 23.4. The average Bonchev–Trinajstić information content (AvgIpc) is 3.25. The van der Waals surface area contributed by atoms with E-state index in [1.54, 1.807) is 37.1 Å². The van der Waals surface area contributed by atoms with Gasteiger partial charge in [-0.1, -0.05) is 42.5 Å². The topological polar surface area (TPSA) is 76.8 Å². The maximum absolute atomic E-state index is 13.9. The Morgan fingerprint density at radius 2 is 1.76 bits per heavy atom. The van der Waals surface area contributed by atoms with Gasteiger partial charge in [-0.15, -0.1) is 0 Å². The normalized spacial score (nSPS) is 16.9. The average molecular weight is 450 g/mol. The number of ether oxygens (including phenoxy) is 1. The van der Waals surface area contributed by atoms with Gasteiger partial charge in [0, 0.05) is 17.7 Å². The van der Waals surface area contributed by atoms with Gasteiger partial charge >= 0.3 is 0 Å². The summed E-state index contributed by atoms with van der Waals surface area (Å²) in [6, 6.07) is 20.8. The van der Waals surface area contributed by atoms with Crippen molar-refractivity contribution in [2.45, 2.75) is 19.5 Å². The molecule has 1 unspecified atom stereocenters. The molecule has 6 rings (SSSR count). The minimum absolute atomic E-state index is 0.238. The fraction of sp³-hybridized carbons (Fsp3) is 0.185. The molecule has 7 nitrogen and oxygen atoms in total. The maximum atomic E-state index is 13.9. The van der Waals surface area contributed by atoms with Crippen LogP contribution in [0.15, 0.2) is 76.5 Å². The first-order valence-corrected chi connectivity index (χ1v) is 11.2. The molecule has 3 heterocycles. The van der Waals surface area contributed by atoms with Gasteiger partial charge in [-0.2, -0.15) is 0 Å². The molecule has 34 heavy (non-hydrogen) atoms. The summed E-state index contributed by atoms with van der Waals surface area (Å²) in [7, 11) is 1.63. The lowest BCUT2D eigenvalue weighted by Crippen LogP contribution is -2.39. The van der Waals surface area contributed by atoms with Gasteiger partial charge in [0.15, 0.2) is 0 Å². The van der Waals surface area contributed by atoms with Crippen molar-refractivity contribution in [2.24, 2.45) is 4.99 Å². The third-order valence-electron chi connectivity index (χ3n) is 6.54. The Balaban J connectivity index is 1.67. The van der Waals surface area contributed by atoms with E-state index in [0.717, 1.165) is 22.4 Å². The van der Waals surface area contributed by atoms with Crippen LogP contribution in [0.5, 0.6) is 5.75 Å². The van der Waals surface area contributed by atoms with Gasteiger partial charge in [0.25, 0.3) is 11.5 Å². The number of para-hydroxylation sites is 1. The van der Waals surface area contributed by atoms with E-state index in [4.69, 9.17) is 9.73 Å². The summed E-state index contributed by atoms with van der Waals surface area (Å²) in [4.78, 5) is 38.9. The minimum Gasteiger partial charge on any atom is -0.497 e. The number of fused-ring (bicyclic) bond motifs is 1. The molecule has 2 aliphatic rings. The number of aromatic nitrogens is 2. The molecule has 0 saturated carbocycles. The van der Waals surface area contributed by atoms with Crippen LogP contribution in [0.2, 0.25) is 0 Å². The quantitative estimate of drug-likeness (QED) is 0.477. The number of benzene rings is 3. The molecule has 0 bridgehead atoms. The lowest BCUT2D eigenvalue weighted by atomic mass is 9.97. The Kier molecular flexibility index (Phi) is 4.58. The number of nitrogens with zero attached hydrogens (tertiary/aromatic N) is 4. The van der Waals surface area contributed by atoms with Crippen molar-refractivity contribution in [3.05, 3.63) is 99.6 Å². The van der Waals surface area contributed by atoms with Gasteiger partial charge < -0.3 is 9.64 Å². The second kappa shape index (κ2) is 7.66. The highest BCUT2D eigenvalue weighted by molar-refractivity contribution is 6.20. The SMILES string of the molecule is COc1cc2c3c(c1)C(c1ccccc1)=NC(n1c(C)nc4ccccc4c1=O)C(=O)N3CC2. The van der Waals surface area contributed by atoms with Crippen LogP contribution in [0.25, 0.3) is 10.9 Å². The van der Waals surface area contributed by atoms with E-state index in [9.17, 15) is 9.59 Å². The first-order chi connectivity index (χ1) is 16.6. The summed E-state index contributed by atoms with van der Waals surface area (Å²) < 4.78 is 6.99. The zero-order valence-corrected chi connectivity index (χ0v) is 18.9. The molecule has 0 fully saturated rings. The van der Waals surface area contributed by atoms with Gasteiger partial charge in [0.1, 0.15) is 11.6 Å². The van der Waals surface area contributed by atoms with Crippen LogP contribution in [-0.4, -0.2) is 34.8 Å². The zero-order valence-electron chi connectivity index (χ0n) is 18.9. The van der Waals surface area contributed by atoms with Crippen molar-refractivity contribution in [2.75, 3.05) is 18.6 Å². The van der Waals surface area contributed by atoms with Gasteiger partial charge in [-0.05, 0) is 43.2 Å². The summed E-state index contributed by atoms with van der Waals surface area (Å²) >= 11 is 0. The van der Waals surface area contributed by atoms with E-state index in [1.165, 1.54) is 4.57 Å². The van der Waals surface area contributed by atoms with Crippen LogP contribution >= 0.6 is 0 Å². The number of hydrogen-bond acceptors (Lipinski definition) is 5. The molecular formula is C27H22N4O3. The molecule has 0 aliphatic carbocycles. The predicted octanol–water partition coefficient (Wildman–Crippen LogP) is 3.65. The number of hydrogen-bond donors (Lipinski definition) is 0. The van der Waals surface area contributed by atoms with Crippen LogP contribution < -0.4 is 15.2 Å². The molecular weight excluding hydrogens is 428 g/mol. The molecule has 0 spiro atoms. The van der Waals surface area contributed by atoms with Gasteiger partial charge in [-0.3, -0.25) is 14.2 Å². The second-order valence-corrected chi connectivity index (χ2v) is 8.49. The fourth-order valence-corrected chi connectivity index (χ4v) is 4.96. The van der Waals surface area contributed by atoms with Crippen LogP contribution in [0.3, 0.4) is 0 Å². The van der Waals surface area contributed by atoms with E-state index >= 15 is 0 Å². The summed E-state index contributed by atoms with van der Waals surface area (Å²) in [6.07, 6.45) is -0.353. The standard InChI is InChI=1S/C27H22N4O3/c1-16-28-22-11-7-6-10-20(22)26(32)31(16)25-27(33)30-13-12-18-14-19(34-2)15-21(24(18)30)23(29-25)17-8-4-3-5-9-17/h3-11,14-15,25H,12-13H2,1-2H3. The van der Waals surface area contributed by atoms with Crippen molar-refractivity contribution in [3.8, 4) is 5.75 Å². The molecule has 1 aromatic heterocycles. The molecule has 0 N–H and O–H groups in total. The predicted molar refractivity (Wildman–Crippen MR) is 131 cm³/mol. The van der Waals surface area contributed by atoms with Crippen LogP contribution in [0.4, 0.5) is 5.69 Å². The number of anilines is 1. The Hall–Kier alpha value is -4.26. The maximum Gasteiger partial charge on any atom is 0.272 e. The number of methoxy groups -OCH3 is 1. The molecule has 1 atom stereocenters. The van der Waals surface area contributed by atoms with Crippen LogP contribution in [0, 0.1) is 6.92 Å². The van der Waals surface area contributed by atoms with Gasteiger partial charge in [0.2, 0.25) is 6.17 Å². The van der Waals surface area contributed by atoms with Crippen molar-refractivity contribution in [1.82, 2.24) is 9.55 Å². The summed E-state index contributed by atoms with van der Waals surface area (Å²) in [5.74, 6) is 0.922. The van der Waals surface area contributed by atoms with Gasteiger partial charge in [0.05, 0.1) is 29.4 Å². The monoisotopic (exact) mass is 450 g/mol. The summed E-state index contributed by atoms with van der Waals surface area (Å²) in [5.41, 5.74) is 4.55. The Morgan fingerprint density at radius 1 is 1.00 bits per heavy atom. The van der Waals surface area contributed by atoms with Gasteiger partial charge in [-0.25, -0.2) is 9.98 Å². The summed E-state index contributed by atoms with van der Waals surface area (Å²) in [6.45, 7) is 2.27. The van der Waals surface area contributed by atoms with Crippen LogP contribution in [-0.2, 0) is 11.2 Å². The molecule has 0 saturated heterocycles. The lowest BCUT2D eigenvalue weighted by Gasteiger charge is -2.23. The number of carbonyl (C=O) groups excluding carboxylic acids is 1. The third-order valence-corrected chi connectivity index (χ3v) is 6.54. The highest BCUT2D eigenvalue weighted by Gasteiger charge is 2.38. The Morgan fingerprint density at radius 3 is 2.56 bits per heavy atom. The van der Waals surface area contributed by atoms with E-state index < -0.39 is 6.17 Å². The minimum atomic E-state index is -1.07. The smallest absolute Gasteiger partial charge is 0.272 e. The second-order valence-electron chi connectivity index (χ2n) is 8.49. The highest BCUT2D eigenvalue weighted by atomic mass is 16.5. The molecule has 0 radical (unpaired) electrons. The fourth-order valence-electron chi connectivity index (χ4n) is 4.96. The molecule has 4 aromatic rings. The first kappa shape index (κ1) is 20.4.